The maximum atomic E-state index is 6.38. The minimum Gasteiger partial charge on any atom is -0.489 e. The van der Waals surface area contributed by atoms with Crippen LogP contribution in [0.25, 0.3) is 5.70 Å². The molecule has 3 aromatic rings. The molecule has 2 aromatic heterocycles. The van der Waals surface area contributed by atoms with Crippen LogP contribution in [0.2, 0.25) is 0 Å². The van der Waals surface area contributed by atoms with Gasteiger partial charge in [-0.1, -0.05) is 24.3 Å². The molecule has 0 radical (unpaired) electrons. The Labute approximate surface area is 188 Å². The molecule has 1 aliphatic heterocycles. The second-order valence-electron chi connectivity index (χ2n) is 7.54. The van der Waals surface area contributed by atoms with Crippen LogP contribution in [0.5, 0.6) is 5.75 Å². The predicted molar refractivity (Wildman–Crippen MR) is 127 cm³/mol. The summed E-state index contributed by atoms with van der Waals surface area (Å²) < 4.78 is 11.4. The highest BCUT2D eigenvalue weighted by atomic mass is 16.5. The number of aromatic nitrogens is 2. The van der Waals surface area contributed by atoms with Crippen molar-refractivity contribution in [3.63, 3.8) is 0 Å². The highest BCUT2D eigenvalue weighted by Crippen LogP contribution is 2.20. The molecule has 0 saturated carbocycles. The van der Waals surface area contributed by atoms with Crippen LogP contribution in [-0.4, -0.2) is 35.1 Å². The minimum atomic E-state index is 0.166. The van der Waals surface area contributed by atoms with Gasteiger partial charge in [0.1, 0.15) is 17.7 Å². The van der Waals surface area contributed by atoms with Crippen LogP contribution < -0.4 is 15.8 Å². The summed E-state index contributed by atoms with van der Waals surface area (Å²) in [4.78, 5) is 13.5. The van der Waals surface area contributed by atoms with Crippen LogP contribution in [0, 0.1) is 6.92 Å². The molecule has 32 heavy (non-hydrogen) atoms. The Kier molecular flexibility index (Phi) is 7.09. The molecular weight excluding hydrogens is 402 g/mol. The maximum Gasteiger partial charge on any atom is 0.157 e. The Bertz CT molecular complexity index is 1080. The van der Waals surface area contributed by atoms with Crippen LogP contribution in [0.3, 0.4) is 0 Å². The molecule has 0 amide bonds. The summed E-state index contributed by atoms with van der Waals surface area (Å²) in [6, 6.07) is 17.4. The molecule has 7 heteroatoms. The molecule has 3 N–H and O–H groups in total. The molecule has 1 aromatic carbocycles. The van der Waals surface area contributed by atoms with E-state index in [1.54, 1.807) is 18.5 Å². The van der Waals surface area contributed by atoms with E-state index in [2.05, 4.69) is 20.3 Å². The third-order valence-electron chi connectivity index (χ3n) is 5.05. The van der Waals surface area contributed by atoms with E-state index in [1.165, 1.54) is 0 Å². The lowest BCUT2D eigenvalue weighted by molar-refractivity contribution is 0.0254. The second-order valence-corrected chi connectivity index (χ2v) is 7.54. The summed E-state index contributed by atoms with van der Waals surface area (Å²) in [6.45, 7) is 3.44. The van der Waals surface area contributed by atoms with Crippen molar-refractivity contribution in [2.45, 2.75) is 25.9 Å². The number of pyridine rings is 2. The SMILES string of the molecule is Cc1cccnc1N=C(C=C(N)c1ccc(OC2CCOCC2)cn1)Nc1ccccc1. The average Bonchev–Trinajstić information content (AvgIpc) is 2.82. The zero-order chi connectivity index (χ0) is 22.2. The van der Waals surface area contributed by atoms with Crippen LogP contribution in [0.4, 0.5) is 11.5 Å². The van der Waals surface area contributed by atoms with Gasteiger partial charge in [-0.25, -0.2) is 9.98 Å². The number of hydrogen-bond acceptors (Lipinski definition) is 6. The monoisotopic (exact) mass is 429 g/mol. The van der Waals surface area contributed by atoms with Gasteiger partial charge in [-0.05, 0) is 42.8 Å². The van der Waals surface area contributed by atoms with Crippen molar-refractivity contribution in [3.05, 3.63) is 84.3 Å². The number of rotatable bonds is 6. The molecular formula is C25H27N5O2. The van der Waals surface area contributed by atoms with Crippen molar-refractivity contribution in [2.75, 3.05) is 18.5 Å². The number of anilines is 1. The first kappa shape index (κ1) is 21.5. The molecule has 1 fully saturated rings. The first-order valence-corrected chi connectivity index (χ1v) is 10.7. The Hall–Kier alpha value is -3.71. The smallest absolute Gasteiger partial charge is 0.157 e. The van der Waals surface area contributed by atoms with Crippen LogP contribution in [0.15, 0.2) is 78.1 Å². The number of hydrogen-bond donors (Lipinski definition) is 2. The van der Waals surface area contributed by atoms with Gasteiger partial charge in [-0.2, -0.15) is 0 Å². The van der Waals surface area contributed by atoms with Gasteiger partial charge in [-0.15, -0.1) is 0 Å². The Morgan fingerprint density at radius 2 is 1.91 bits per heavy atom. The third kappa shape index (κ3) is 5.92. The van der Waals surface area contributed by atoms with E-state index >= 15 is 0 Å². The first-order chi connectivity index (χ1) is 15.7. The quantitative estimate of drug-likeness (QED) is 0.443. The van der Waals surface area contributed by atoms with Gasteiger partial charge in [0.25, 0.3) is 0 Å². The lowest BCUT2D eigenvalue weighted by atomic mass is 10.1. The summed E-state index contributed by atoms with van der Waals surface area (Å²) in [7, 11) is 0. The number of nitrogens with two attached hydrogens (primary N) is 1. The van der Waals surface area contributed by atoms with Crippen molar-refractivity contribution in [2.24, 2.45) is 10.7 Å². The number of benzene rings is 1. The summed E-state index contributed by atoms with van der Waals surface area (Å²) in [6.07, 6.45) is 7.14. The molecule has 0 atom stereocenters. The van der Waals surface area contributed by atoms with E-state index in [1.807, 2.05) is 61.5 Å². The highest BCUT2D eigenvalue weighted by molar-refractivity contribution is 6.08. The maximum absolute atomic E-state index is 6.38. The van der Waals surface area contributed by atoms with Crippen molar-refractivity contribution in [1.29, 1.82) is 0 Å². The van der Waals surface area contributed by atoms with Crippen LogP contribution in [0.1, 0.15) is 24.1 Å². The lowest BCUT2D eigenvalue weighted by Gasteiger charge is -2.23. The Balaban J connectivity index is 1.55. The number of aryl methyl sites for hydroxylation is 1. The average molecular weight is 430 g/mol. The number of ether oxygens (including phenoxy) is 2. The van der Waals surface area contributed by atoms with Crippen molar-refractivity contribution in [3.8, 4) is 5.75 Å². The fraction of sp³-hybridized carbons (Fsp3) is 0.240. The standard InChI is InChI=1S/C25H27N5O2/c1-18-6-5-13-27-25(18)30-24(29-19-7-3-2-4-8-19)16-22(26)23-10-9-21(17-28-23)32-20-11-14-31-15-12-20/h2-10,13,16-17,20H,11-12,14-15,26H2,1H3,(H,27,29,30). The van der Waals surface area contributed by atoms with Gasteiger partial charge in [0.2, 0.25) is 0 Å². The predicted octanol–water partition coefficient (Wildman–Crippen LogP) is 4.48. The van der Waals surface area contributed by atoms with Crippen LogP contribution >= 0.6 is 0 Å². The van der Waals surface area contributed by atoms with Gasteiger partial charge in [0.05, 0.1) is 30.8 Å². The van der Waals surface area contributed by atoms with Gasteiger partial charge in [0.15, 0.2) is 5.82 Å². The fourth-order valence-electron chi connectivity index (χ4n) is 3.30. The molecule has 164 valence electrons. The molecule has 0 bridgehead atoms. The summed E-state index contributed by atoms with van der Waals surface area (Å²) in [5.74, 6) is 1.93. The highest BCUT2D eigenvalue weighted by Gasteiger charge is 2.15. The van der Waals surface area contributed by atoms with Crippen LogP contribution in [-0.2, 0) is 4.74 Å². The molecule has 0 unspecified atom stereocenters. The van der Waals surface area contributed by atoms with Crippen molar-refractivity contribution in [1.82, 2.24) is 9.97 Å². The molecule has 3 heterocycles. The van der Waals surface area contributed by atoms with Gasteiger partial charge >= 0.3 is 0 Å². The topological polar surface area (TPSA) is 94.7 Å². The van der Waals surface area contributed by atoms with E-state index < -0.39 is 0 Å². The van der Waals surface area contributed by atoms with E-state index in [0.717, 1.165) is 43.1 Å². The number of nitrogens with zero attached hydrogens (tertiary/aromatic N) is 3. The number of nitrogens with one attached hydrogen (secondary N) is 1. The van der Waals surface area contributed by atoms with Gasteiger partial charge in [0, 0.05) is 30.8 Å². The minimum absolute atomic E-state index is 0.166. The van der Waals surface area contributed by atoms with E-state index in [-0.39, 0.29) is 6.10 Å². The lowest BCUT2D eigenvalue weighted by Crippen LogP contribution is -2.25. The number of amidine groups is 1. The van der Waals surface area contributed by atoms with E-state index in [0.29, 0.717) is 23.0 Å². The van der Waals surface area contributed by atoms with Crippen molar-refractivity contribution < 1.29 is 9.47 Å². The normalized spacial score (nSPS) is 15.4. The zero-order valence-electron chi connectivity index (χ0n) is 18.1. The first-order valence-electron chi connectivity index (χ1n) is 10.7. The summed E-state index contributed by atoms with van der Waals surface area (Å²) in [5.41, 5.74) is 9.38. The summed E-state index contributed by atoms with van der Waals surface area (Å²) in [5, 5.41) is 3.31. The Morgan fingerprint density at radius 3 is 2.62 bits per heavy atom. The fourth-order valence-corrected chi connectivity index (χ4v) is 3.30. The molecule has 4 rings (SSSR count). The Morgan fingerprint density at radius 1 is 1.09 bits per heavy atom. The second kappa shape index (κ2) is 10.5. The zero-order valence-corrected chi connectivity index (χ0v) is 18.1. The molecule has 0 aliphatic carbocycles. The van der Waals surface area contributed by atoms with E-state index in [4.69, 9.17) is 15.2 Å². The van der Waals surface area contributed by atoms with Crippen molar-refractivity contribution >= 4 is 23.0 Å². The largest absolute Gasteiger partial charge is 0.489 e. The van der Waals surface area contributed by atoms with Gasteiger partial charge in [-0.3, -0.25) is 4.98 Å². The van der Waals surface area contributed by atoms with Gasteiger partial charge < -0.3 is 20.5 Å². The van der Waals surface area contributed by atoms with E-state index in [9.17, 15) is 0 Å². The molecule has 1 saturated heterocycles. The molecule has 1 aliphatic rings. The summed E-state index contributed by atoms with van der Waals surface area (Å²) >= 11 is 0. The number of para-hydroxylation sites is 1. The molecule has 7 nitrogen and oxygen atoms in total. The number of aliphatic imine (C=N–C) groups is 1. The molecule has 0 spiro atoms. The third-order valence-corrected chi connectivity index (χ3v) is 5.05.